The summed E-state index contributed by atoms with van der Waals surface area (Å²) in [7, 11) is 0. The lowest BCUT2D eigenvalue weighted by Gasteiger charge is -2.32. The number of carbonyl (C=O) groups is 2. The molecule has 0 unspecified atom stereocenters. The van der Waals surface area contributed by atoms with Crippen LogP contribution in [0.2, 0.25) is 0 Å². The summed E-state index contributed by atoms with van der Waals surface area (Å²) in [5.41, 5.74) is 3.17. The Bertz CT molecular complexity index is 1400. The summed E-state index contributed by atoms with van der Waals surface area (Å²) in [6.07, 6.45) is 0.323. The molecule has 1 saturated heterocycles. The average Bonchev–Trinajstić information content (AvgIpc) is 3.15. The third-order valence-corrected chi connectivity index (χ3v) is 6.55. The van der Waals surface area contributed by atoms with Crippen LogP contribution in [-0.4, -0.2) is 28.5 Å². The minimum Gasteiger partial charge on any atom is -0.489 e. The zero-order chi connectivity index (χ0) is 25.8. The van der Waals surface area contributed by atoms with E-state index in [1.165, 1.54) is 0 Å². The van der Waals surface area contributed by atoms with Crippen molar-refractivity contribution in [1.29, 1.82) is 0 Å². The normalized spacial score (nSPS) is 16.3. The molecule has 37 heavy (non-hydrogen) atoms. The zero-order valence-corrected chi connectivity index (χ0v) is 21.0. The van der Waals surface area contributed by atoms with Gasteiger partial charge in [0.2, 0.25) is 0 Å². The molecule has 1 aliphatic rings. The van der Waals surface area contributed by atoms with Gasteiger partial charge in [-0.1, -0.05) is 91.0 Å². The van der Waals surface area contributed by atoms with Crippen molar-refractivity contribution in [2.24, 2.45) is 0 Å². The number of hydrogen-bond acceptors (Lipinski definition) is 4. The van der Waals surface area contributed by atoms with Gasteiger partial charge in [0.25, 0.3) is 5.91 Å². The van der Waals surface area contributed by atoms with Gasteiger partial charge < -0.3 is 9.47 Å². The van der Waals surface area contributed by atoms with Gasteiger partial charge in [0.15, 0.2) is 5.72 Å². The fourth-order valence-corrected chi connectivity index (χ4v) is 4.80. The Morgan fingerprint density at radius 2 is 1.49 bits per heavy atom. The molecule has 0 spiro atoms. The highest BCUT2D eigenvalue weighted by Gasteiger charge is 2.50. The van der Waals surface area contributed by atoms with E-state index in [4.69, 9.17) is 9.47 Å². The van der Waals surface area contributed by atoms with Crippen LogP contribution < -0.4 is 4.74 Å². The monoisotopic (exact) mass is 491 g/mol. The van der Waals surface area contributed by atoms with Gasteiger partial charge in [-0.05, 0) is 54.3 Å². The van der Waals surface area contributed by atoms with Crippen LogP contribution >= 0.6 is 0 Å². The maximum absolute atomic E-state index is 14.0. The molecular formula is C32H29NO4. The minimum atomic E-state index is -1.08. The SMILES string of the molecule is CC1(C)OC(=O)[C@H](Cc2cccc(OCc3ccccc3)c2)N1C(=O)c1ccccc1-c1ccccc1. The molecule has 186 valence electrons. The Balaban J connectivity index is 1.41. The fraction of sp³-hybridized carbons (Fsp3) is 0.188. The highest BCUT2D eigenvalue weighted by molar-refractivity contribution is 6.03. The molecule has 0 saturated carbocycles. The van der Waals surface area contributed by atoms with E-state index < -0.39 is 17.7 Å². The highest BCUT2D eigenvalue weighted by Crippen LogP contribution is 2.34. The minimum absolute atomic E-state index is 0.239. The van der Waals surface area contributed by atoms with Crippen LogP contribution in [0.4, 0.5) is 0 Å². The second-order valence-corrected chi connectivity index (χ2v) is 9.60. The number of ether oxygens (including phenoxy) is 2. The predicted molar refractivity (Wildman–Crippen MR) is 143 cm³/mol. The smallest absolute Gasteiger partial charge is 0.331 e. The van der Waals surface area contributed by atoms with E-state index in [-0.39, 0.29) is 5.91 Å². The largest absolute Gasteiger partial charge is 0.489 e. The van der Waals surface area contributed by atoms with Crippen molar-refractivity contribution in [3.05, 3.63) is 126 Å². The third kappa shape index (κ3) is 5.26. The molecule has 0 N–H and O–H groups in total. The maximum atomic E-state index is 14.0. The van der Waals surface area contributed by atoms with Crippen molar-refractivity contribution in [3.63, 3.8) is 0 Å². The summed E-state index contributed by atoms with van der Waals surface area (Å²) in [5, 5.41) is 0. The van der Waals surface area contributed by atoms with Gasteiger partial charge in [-0.15, -0.1) is 0 Å². The van der Waals surface area contributed by atoms with Gasteiger partial charge in [0, 0.05) is 12.0 Å². The molecule has 0 aliphatic carbocycles. The molecule has 0 aromatic heterocycles. The fourth-order valence-electron chi connectivity index (χ4n) is 4.80. The number of nitrogens with zero attached hydrogens (tertiary/aromatic N) is 1. The molecule has 5 rings (SSSR count). The molecule has 1 amide bonds. The molecule has 1 fully saturated rings. The van der Waals surface area contributed by atoms with E-state index in [1.807, 2.05) is 103 Å². The number of esters is 1. The van der Waals surface area contributed by atoms with Crippen LogP contribution in [0.1, 0.15) is 35.3 Å². The first kappa shape index (κ1) is 24.3. The molecule has 1 heterocycles. The number of carbonyl (C=O) groups excluding carboxylic acids is 2. The van der Waals surface area contributed by atoms with Crippen LogP contribution in [-0.2, 0) is 22.6 Å². The van der Waals surface area contributed by atoms with Crippen LogP contribution in [0.15, 0.2) is 109 Å². The number of benzene rings is 4. The number of rotatable bonds is 7. The van der Waals surface area contributed by atoms with Crippen molar-refractivity contribution in [2.45, 2.75) is 38.6 Å². The first-order chi connectivity index (χ1) is 17.9. The van der Waals surface area contributed by atoms with Gasteiger partial charge in [-0.25, -0.2) is 4.79 Å². The van der Waals surface area contributed by atoms with Crippen molar-refractivity contribution in [1.82, 2.24) is 4.90 Å². The second-order valence-electron chi connectivity index (χ2n) is 9.60. The number of amides is 1. The van der Waals surface area contributed by atoms with E-state index >= 15 is 0 Å². The highest BCUT2D eigenvalue weighted by atomic mass is 16.6. The summed E-state index contributed by atoms with van der Waals surface area (Å²) in [5.74, 6) is 0.0576. The van der Waals surface area contributed by atoms with Crippen LogP contribution in [0.5, 0.6) is 5.75 Å². The van der Waals surface area contributed by atoms with Crippen molar-refractivity contribution in [2.75, 3.05) is 0 Å². The molecule has 5 nitrogen and oxygen atoms in total. The van der Waals surface area contributed by atoms with E-state index in [9.17, 15) is 9.59 Å². The molecular weight excluding hydrogens is 462 g/mol. The van der Waals surface area contributed by atoms with Crippen molar-refractivity contribution >= 4 is 11.9 Å². The summed E-state index contributed by atoms with van der Waals surface area (Å²) in [6.45, 7) is 3.96. The third-order valence-electron chi connectivity index (χ3n) is 6.55. The number of cyclic esters (lactones) is 1. The topological polar surface area (TPSA) is 55.8 Å². The Kier molecular flexibility index (Phi) is 6.78. The van der Waals surface area contributed by atoms with E-state index in [0.717, 1.165) is 22.3 Å². The van der Waals surface area contributed by atoms with E-state index in [1.54, 1.807) is 24.8 Å². The van der Waals surface area contributed by atoms with Crippen molar-refractivity contribution in [3.8, 4) is 16.9 Å². The van der Waals surface area contributed by atoms with Crippen LogP contribution in [0, 0.1) is 0 Å². The van der Waals surface area contributed by atoms with E-state index in [0.29, 0.717) is 24.3 Å². The lowest BCUT2D eigenvalue weighted by molar-refractivity contribution is -0.148. The summed E-state index contributed by atoms with van der Waals surface area (Å²) in [6, 6.07) is 34.1. The van der Waals surface area contributed by atoms with Gasteiger partial charge in [0.05, 0.1) is 0 Å². The van der Waals surface area contributed by atoms with Gasteiger partial charge in [-0.2, -0.15) is 0 Å². The Morgan fingerprint density at radius 1 is 0.838 bits per heavy atom. The summed E-state index contributed by atoms with van der Waals surface area (Å²) >= 11 is 0. The molecule has 0 bridgehead atoms. The first-order valence-corrected chi connectivity index (χ1v) is 12.4. The van der Waals surface area contributed by atoms with Gasteiger partial charge >= 0.3 is 5.97 Å². The Morgan fingerprint density at radius 3 is 2.24 bits per heavy atom. The quantitative estimate of drug-likeness (QED) is 0.286. The Labute approximate surface area is 217 Å². The lowest BCUT2D eigenvalue weighted by Crippen LogP contribution is -2.49. The van der Waals surface area contributed by atoms with Gasteiger partial charge in [-0.3, -0.25) is 9.69 Å². The van der Waals surface area contributed by atoms with Crippen LogP contribution in [0.25, 0.3) is 11.1 Å². The molecule has 0 radical (unpaired) electrons. The average molecular weight is 492 g/mol. The maximum Gasteiger partial charge on any atom is 0.331 e. The lowest BCUT2D eigenvalue weighted by atomic mass is 9.97. The van der Waals surface area contributed by atoms with Gasteiger partial charge in [0.1, 0.15) is 18.4 Å². The van der Waals surface area contributed by atoms with E-state index in [2.05, 4.69) is 0 Å². The van der Waals surface area contributed by atoms with Crippen LogP contribution in [0.3, 0.4) is 0 Å². The molecule has 4 aromatic rings. The standard InChI is InChI=1S/C32H29NO4/c1-32(2)33(30(34)28-19-10-9-18-27(28)25-15-7-4-8-16-25)29(31(35)37-32)21-24-14-11-17-26(20-24)36-22-23-12-5-3-6-13-23/h3-20,29H,21-22H2,1-2H3/t29-/m0/s1. The first-order valence-electron chi connectivity index (χ1n) is 12.4. The summed E-state index contributed by atoms with van der Waals surface area (Å²) in [4.78, 5) is 28.6. The molecule has 1 atom stereocenters. The second kappa shape index (κ2) is 10.3. The zero-order valence-electron chi connectivity index (χ0n) is 21.0. The Hall–Kier alpha value is -4.38. The van der Waals surface area contributed by atoms with Crippen molar-refractivity contribution < 1.29 is 19.1 Å². The number of hydrogen-bond donors (Lipinski definition) is 0. The summed E-state index contributed by atoms with van der Waals surface area (Å²) < 4.78 is 11.7. The molecule has 5 heteroatoms. The molecule has 4 aromatic carbocycles. The predicted octanol–water partition coefficient (Wildman–Crippen LogP) is 6.28. The molecule has 1 aliphatic heterocycles.